The molecule has 3 amide bonds. The summed E-state index contributed by atoms with van der Waals surface area (Å²) in [5, 5.41) is 5.40. The van der Waals surface area contributed by atoms with Crippen LogP contribution in [0.25, 0.3) is 0 Å². The molecule has 2 N–H and O–H groups in total. The summed E-state index contributed by atoms with van der Waals surface area (Å²) in [4.78, 5) is 43.6. The molecule has 0 fully saturated rings. The monoisotopic (exact) mass is 492 g/mol. The van der Waals surface area contributed by atoms with E-state index in [9.17, 15) is 18.8 Å². The lowest BCUT2D eigenvalue weighted by molar-refractivity contribution is -0.125. The highest BCUT2D eigenvalue weighted by molar-refractivity contribution is 6.01. The van der Waals surface area contributed by atoms with Crippen LogP contribution in [0.4, 0.5) is 15.9 Å². The van der Waals surface area contributed by atoms with Crippen molar-refractivity contribution in [1.29, 1.82) is 0 Å². The molecule has 0 radical (unpaired) electrons. The van der Waals surface area contributed by atoms with Gasteiger partial charge in [-0.25, -0.2) is 9.37 Å². The maximum Gasteiger partial charge on any atom is 0.240 e. The number of carbonyl (C=O) groups is 3. The summed E-state index contributed by atoms with van der Waals surface area (Å²) in [6, 6.07) is 14.2. The molecule has 1 aliphatic rings. The Balaban J connectivity index is 1.41. The van der Waals surface area contributed by atoms with E-state index in [0.717, 1.165) is 5.56 Å². The van der Waals surface area contributed by atoms with Crippen molar-refractivity contribution in [2.45, 2.75) is 26.3 Å². The molecule has 0 saturated heterocycles. The summed E-state index contributed by atoms with van der Waals surface area (Å²) < 4.78 is 23.8. The quantitative estimate of drug-likeness (QED) is 0.474. The number of benzene rings is 2. The van der Waals surface area contributed by atoms with Gasteiger partial charge in [0.1, 0.15) is 18.2 Å². The van der Waals surface area contributed by atoms with E-state index in [1.807, 2.05) is 13.0 Å². The summed E-state index contributed by atoms with van der Waals surface area (Å²) in [5.41, 5.74) is 2.09. The van der Waals surface area contributed by atoms with E-state index >= 15 is 0 Å². The van der Waals surface area contributed by atoms with Gasteiger partial charge in [-0.05, 0) is 54.4 Å². The Labute approximate surface area is 207 Å². The Morgan fingerprint density at radius 1 is 0.972 bits per heavy atom. The third-order valence-electron chi connectivity index (χ3n) is 5.42. The molecule has 9 nitrogen and oxygen atoms in total. The molecule has 0 unspecified atom stereocenters. The number of hydrogen-bond donors (Lipinski definition) is 2. The summed E-state index contributed by atoms with van der Waals surface area (Å²) in [5.74, 6) is -0.172. The first-order chi connectivity index (χ1) is 17.4. The fourth-order valence-corrected chi connectivity index (χ4v) is 3.54. The largest absolute Gasteiger partial charge is 0.454 e. The summed E-state index contributed by atoms with van der Waals surface area (Å²) >= 11 is 0. The van der Waals surface area contributed by atoms with E-state index < -0.39 is 11.8 Å². The van der Waals surface area contributed by atoms with Gasteiger partial charge in [0.05, 0.1) is 0 Å². The van der Waals surface area contributed by atoms with Gasteiger partial charge >= 0.3 is 0 Å². The number of pyridine rings is 1. The van der Waals surface area contributed by atoms with Crippen molar-refractivity contribution in [3.8, 4) is 11.5 Å². The van der Waals surface area contributed by atoms with Gasteiger partial charge in [-0.1, -0.05) is 12.1 Å². The molecule has 36 heavy (non-hydrogen) atoms. The van der Waals surface area contributed by atoms with Crippen LogP contribution in [0.15, 0.2) is 60.8 Å². The summed E-state index contributed by atoms with van der Waals surface area (Å²) in [6.45, 7) is 1.85. The van der Waals surface area contributed by atoms with Crippen LogP contribution in [0.2, 0.25) is 0 Å². The maximum absolute atomic E-state index is 13.1. The number of ether oxygens (including phenoxy) is 2. The van der Waals surface area contributed by atoms with Crippen LogP contribution in [0, 0.1) is 12.7 Å². The lowest BCUT2D eigenvalue weighted by Crippen LogP contribution is -2.41. The van der Waals surface area contributed by atoms with Crippen LogP contribution in [0.5, 0.6) is 11.5 Å². The van der Waals surface area contributed by atoms with Gasteiger partial charge in [-0.2, -0.15) is 0 Å². The molecule has 0 bridgehead atoms. The second-order valence-corrected chi connectivity index (χ2v) is 8.19. The zero-order valence-electron chi connectivity index (χ0n) is 19.6. The number of nitrogens with one attached hydrogen (secondary N) is 2. The molecule has 1 aliphatic heterocycles. The Morgan fingerprint density at radius 2 is 1.75 bits per heavy atom. The van der Waals surface area contributed by atoms with Crippen molar-refractivity contribution in [1.82, 2.24) is 10.3 Å². The van der Waals surface area contributed by atoms with Gasteiger partial charge in [0.2, 0.25) is 24.5 Å². The fraction of sp³-hybridized carbons (Fsp3) is 0.231. The molecule has 0 spiro atoms. The standard InChI is InChI=1S/C26H25FN4O5/c1-17-10-11-28-23(12-17)30-24(32)8-9-26(34)31(20-6-7-21-22(13-20)36-16-35-21)15-25(33)29-14-18-2-4-19(27)5-3-18/h2-7,10-13H,8-9,14-16H2,1H3,(H,29,33)(H,28,30,32). The molecule has 10 heteroatoms. The average molecular weight is 493 g/mol. The van der Waals surface area contributed by atoms with E-state index in [1.165, 1.54) is 17.0 Å². The van der Waals surface area contributed by atoms with Crippen LogP contribution >= 0.6 is 0 Å². The molecule has 1 aromatic heterocycles. The molecular weight excluding hydrogens is 467 g/mol. The molecule has 3 aromatic rings. The van der Waals surface area contributed by atoms with E-state index in [1.54, 1.807) is 42.6 Å². The SMILES string of the molecule is Cc1ccnc(NC(=O)CCC(=O)N(CC(=O)NCc2ccc(F)cc2)c2ccc3c(c2)OCO3)c1. The molecule has 0 saturated carbocycles. The lowest BCUT2D eigenvalue weighted by Gasteiger charge is -2.23. The zero-order valence-corrected chi connectivity index (χ0v) is 19.6. The van der Waals surface area contributed by atoms with Crippen molar-refractivity contribution in [2.24, 2.45) is 0 Å². The molecule has 2 heterocycles. The third-order valence-corrected chi connectivity index (χ3v) is 5.42. The average Bonchev–Trinajstić information content (AvgIpc) is 3.33. The highest BCUT2D eigenvalue weighted by Crippen LogP contribution is 2.35. The van der Waals surface area contributed by atoms with Gasteiger partial charge < -0.3 is 25.0 Å². The van der Waals surface area contributed by atoms with Crippen molar-refractivity contribution in [2.75, 3.05) is 23.6 Å². The highest BCUT2D eigenvalue weighted by Gasteiger charge is 2.23. The molecule has 0 aliphatic carbocycles. The van der Waals surface area contributed by atoms with Crippen LogP contribution < -0.4 is 25.0 Å². The zero-order chi connectivity index (χ0) is 25.5. The van der Waals surface area contributed by atoms with Gasteiger partial charge in [0.15, 0.2) is 11.5 Å². The van der Waals surface area contributed by atoms with Crippen LogP contribution in [-0.2, 0) is 20.9 Å². The molecule has 2 aromatic carbocycles. The van der Waals surface area contributed by atoms with Crippen molar-refractivity contribution < 1.29 is 28.2 Å². The fourth-order valence-electron chi connectivity index (χ4n) is 3.54. The minimum Gasteiger partial charge on any atom is -0.454 e. The molecule has 186 valence electrons. The van der Waals surface area contributed by atoms with E-state index in [0.29, 0.717) is 28.6 Å². The third kappa shape index (κ3) is 6.56. The number of carbonyl (C=O) groups excluding carboxylic acids is 3. The van der Waals surface area contributed by atoms with Crippen molar-refractivity contribution in [3.05, 3.63) is 77.7 Å². The van der Waals surface area contributed by atoms with Gasteiger partial charge in [0.25, 0.3) is 0 Å². The Bertz CT molecular complexity index is 1270. The minimum atomic E-state index is -0.418. The van der Waals surface area contributed by atoms with Gasteiger partial charge in [-0.3, -0.25) is 14.4 Å². The van der Waals surface area contributed by atoms with Gasteiger partial charge in [0, 0.05) is 37.3 Å². The summed E-state index contributed by atoms with van der Waals surface area (Å²) in [7, 11) is 0. The first kappa shape index (κ1) is 24.6. The number of hydrogen-bond acceptors (Lipinski definition) is 6. The smallest absolute Gasteiger partial charge is 0.240 e. The number of aryl methyl sites for hydroxylation is 1. The first-order valence-corrected chi connectivity index (χ1v) is 11.3. The van der Waals surface area contributed by atoms with E-state index in [4.69, 9.17) is 9.47 Å². The predicted octanol–water partition coefficient (Wildman–Crippen LogP) is 3.33. The highest BCUT2D eigenvalue weighted by atomic mass is 19.1. The number of fused-ring (bicyclic) bond motifs is 1. The number of amides is 3. The summed E-state index contributed by atoms with van der Waals surface area (Å²) in [6.07, 6.45) is 1.37. The minimum absolute atomic E-state index is 0.0675. The first-order valence-electron chi connectivity index (χ1n) is 11.3. The Hall–Kier alpha value is -4.47. The molecule has 4 rings (SSSR count). The molecular formula is C26H25FN4O5. The van der Waals surface area contributed by atoms with Crippen molar-refractivity contribution in [3.63, 3.8) is 0 Å². The van der Waals surface area contributed by atoms with E-state index in [-0.39, 0.29) is 44.4 Å². The number of rotatable bonds is 9. The van der Waals surface area contributed by atoms with E-state index in [2.05, 4.69) is 15.6 Å². The van der Waals surface area contributed by atoms with Crippen LogP contribution in [0.3, 0.4) is 0 Å². The second-order valence-electron chi connectivity index (χ2n) is 8.19. The number of nitrogens with zero attached hydrogens (tertiary/aromatic N) is 2. The number of anilines is 2. The van der Waals surface area contributed by atoms with Crippen molar-refractivity contribution >= 4 is 29.2 Å². The molecule has 0 atom stereocenters. The van der Waals surface area contributed by atoms with Crippen LogP contribution in [-0.4, -0.2) is 36.0 Å². The normalized spacial score (nSPS) is 11.6. The predicted molar refractivity (Wildman–Crippen MR) is 130 cm³/mol. The maximum atomic E-state index is 13.1. The van der Waals surface area contributed by atoms with Gasteiger partial charge in [-0.15, -0.1) is 0 Å². The Morgan fingerprint density at radius 3 is 2.53 bits per heavy atom. The second kappa shape index (κ2) is 11.3. The number of halogens is 1. The lowest BCUT2D eigenvalue weighted by atomic mass is 10.2. The van der Waals surface area contributed by atoms with Crippen LogP contribution in [0.1, 0.15) is 24.0 Å². The number of aromatic nitrogens is 1. The topological polar surface area (TPSA) is 110 Å². The Kier molecular flexibility index (Phi) is 7.74.